The van der Waals surface area contributed by atoms with Crippen LogP contribution in [0, 0.1) is 0 Å². The Hall–Kier alpha value is -1.01. The van der Waals surface area contributed by atoms with Crippen LogP contribution in [0.5, 0.6) is 0 Å². The highest BCUT2D eigenvalue weighted by molar-refractivity contribution is 5.13. The quantitative estimate of drug-likeness (QED) is 0.637. The molecule has 0 amide bonds. The zero-order valence-electron chi connectivity index (χ0n) is 11.0. The molecule has 1 rings (SSSR count). The van der Waals surface area contributed by atoms with E-state index in [1.54, 1.807) is 19.5 Å². The van der Waals surface area contributed by atoms with Gasteiger partial charge < -0.3 is 19.9 Å². The highest BCUT2D eigenvalue weighted by atomic mass is 16.5. The molecule has 2 atom stereocenters. The lowest BCUT2D eigenvalue weighted by Gasteiger charge is -2.17. The van der Waals surface area contributed by atoms with E-state index in [-0.39, 0.29) is 6.04 Å². The topological polar surface area (TPSA) is 63.6 Å². The number of nitrogens with zero attached hydrogens (tertiary/aromatic N) is 1. The van der Waals surface area contributed by atoms with Crippen LogP contribution >= 0.6 is 0 Å². The van der Waals surface area contributed by atoms with Gasteiger partial charge in [0.15, 0.2) is 0 Å². The first-order valence-corrected chi connectivity index (χ1v) is 6.12. The predicted molar refractivity (Wildman–Crippen MR) is 69.4 cm³/mol. The maximum Gasteiger partial charge on any atom is 0.0897 e. The molecule has 1 heterocycles. The van der Waals surface area contributed by atoms with Gasteiger partial charge in [-0.25, -0.2) is 0 Å². The summed E-state index contributed by atoms with van der Waals surface area (Å²) in [7, 11) is 1.62. The zero-order valence-corrected chi connectivity index (χ0v) is 11.0. The van der Waals surface area contributed by atoms with Gasteiger partial charge in [0.25, 0.3) is 0 Å². The molecular formula is C13H22N2O3. The fraction of sp³-hybridized carbons (Fsp3) is 0.615. The number of rotatable bonds is 9. The number of aliphatic hydroxyl groups excluding tert-OH is 1. The monoisotopic (exact) mass is 254 g/mol. The van der Waals surface area contributed by atoms with Crippen molar-refractivity contribution in [3.05, 3.63) is 30.1 Å². The van der Waals surface area contributed by atoms with Gasteiger partial charge in [0.1, 0.15) is 0 Å². The lowest BCUT2D eigenvalue weighted by Crippen LogP contribution is -2.32. The second kappa shape index (κ2) is 8.99. The van der Waals surface area contributed by atoms with Crippen molar-refractivity contribution in [1.82, 2.24) is 10.3 Å². The smallest absolute Gasteiger partial charge is 0.0897 e. The highest BCUT2D eigenvalue weighted by Crippen LogP contribution is 2.09. The summed E-state index contributed by atoms with van der Waals surface area (Å²) in [6.45, 7) is 3.92. The van der Waals surface area contributed by atoms with E-state index in [4.69, 9.17) is 9.47 Å². The molecule has 1 aromatic rings. The molecule has 18 heavy (non-hydrogen) atoms. The first-order valence-electron chi connectivity index (χ1n) is 6.12. The first-order chi connectivity index (χ1) is 8.74. The van der Waals surface area contributed by atoms with Crippen molar-refractivity contribution in [3.63, 3.8) is 0 Å². The van der Waals surface area contributed by atoms with Crippen molar-refractivity contribution in [2.45, 2.75) is 19.1 Å². The number of ether oxygens (including phenoxy) is 2. The summed E-state index contributed by atoms with van der Waals surface area (Å²) in [6, 6.07) is 4.10. The lowest BCUT2D eigenvalue weighted by molar-refractivity contribution is 0.0130. The van der Waals surface area contributed by atoms with Gasteiger partial charge in [0, 0.05) is 32.1 Å². The van der Waals surface area contributed by atoms with Gasteiger partial charge >= 0.3 is 0 Å². The molecule has 102 valence electrons. The van der Waals surface area contributed by atoms with Crippen molar-refractivity contribution >= 4 is 0 Å². The molecule has 0 aliphatic rings. The molecule has 2 N–H and O–H groups in total. The Labute approximate surface area is 108 Å². The maximum absolute atomic E-state index is 9.70. The third-order valence-corrected chi connectivity index (χ3v) is 2.61. The van der Waals surface area contributed by atoms with Gasteiger partial charge in [-0.3, -0.25) is 4.98 Å². The summed E-state index contributed by atoms with van der Waals surface area (Å²) in [6.07, 6.45) is 3.02. The summed E-state index contributed by atoms with van der Waals surface area (Å²) in [5, 5.41) is 13.0. The third-order valence-electron chi connectivity index (χ3n) is 2.61. The molecule has 0 saturated carbocycles. The van der Waals surface area contributed by atoms with E-state index >= 15 is 0 Å². The average molecular weight is 254 g/mol. The van der Waals surface area contributed by atoms with E-state index in [9.17, 15) is 5.11 Å². The van der Waals surface area contributed by atoms with Crippen molar-refractivity contribution in [1.29, 1.82) is 0 Å². The SMILES string of the molecule is COCCOCC(O)CN[C@@H](C)c1ccncc1. The molecule has 0 fully saturated rings. The minimum absolute atomic E-state index is 0.182. The summed E-state index contributed by atoms with van der Waals surface area (Å²) >= 11 is 0. The fourth-order valence-electron chi connectivity index (χ4n) is 1.50. The van der Waals surface area contributed by atoms with Crippen molar-refractivity contribution in [2.75, 3.05) is 33.5 Å². The number of aromatic nitrogens is 1. The van der Waals surface area contributed by atoms with E-state index < -0.39 is 6.10 Å². The third kappa shape index (κ3) is 6.07. The minimum Gasteiger partial charge on any atom is -0.389 e. The molecule has 1 aromatic heterocycles. The molecule has 0 aromatic carbocycles. The molecule has 5 heteroatoms. The highest BCUT2D eigenvalue weighted by Gasteiger charge is 2.08. The van der Waals surface area contributed by atoms with Crippen LogP contribution in [0.1, 0.15) is 18.5 Å². The molecule has 1 unspecified atom stereocenters. The summed E-state index contributed by atoms with van der Waals surface area (Å²) < 4.78 is 10.1. The van der Waals surface area contributed by atoms with Crippen LogP contribution in [0.3, 0.4) is 0 Å². The van der Waals surface area contributed by atoms with Gasteiger partial charge in [0.2, 0.25) is 0 Å². The van der Waals surface area contributed by atoms with Crippen LogP contribution in [-0.4, -0.2) is 49.7 Å². The summed E-state index contributed by atoms with van der Waals surface area (Å²) in [5.41, 5.74) is 1.15. The fourth-order valence-corrected chi connectivity index (χ4v) is 1.50. The zero-order chi connectivity index (χ0) is 13.2. The van der Waals surface area contributed by atoms with Crippen molar-refractivity contribution in [2.24, 2.45) is 0 Å². The number of aliphatic hydroxyl groups is 1. The summed E-state index contributed by atoms with van der Waals surface area (Å²) in [5.74, 6) is 0. The van der Waals surface area contributed by atoms with E-state index in [0.29, 0.717) is 26.4 Å². The van der Waals surface area contributed by atoms with Gasteiger partial charge in [-0.2, -0.15) is 0 Å². The second-order valence-electron chi connectivity index (χ2n) is 4.13. The molecule has 0 radical (unpaired) electrons. The van der Waals surface area contributed by atoms with E-state index in [0.717, 1.165) is 5.56 Å². The van der Waals surface area contributed by atoms with Crippen LogP contribution in [0.15, 0.2) is 24.5 Å². The van der Waals surface area contributed by atoms with Crippen LogP contribution in [0.4, 0.5) is 0 Å². The summed E-state index contributed by atoms with van der Waals surface area (Å²) in [4.78, 5) is 3.97. The van der Waals surface area contributed by atoms with E-state index in [2.05, 4.69) is 10.3 Å². The Morgan fingerprint density at radius 3 is 2.72 bits per heavy atom. The van der Waals surface area contributed by atoms with Crippen LogP contribution in [-0.2, 0) is 9.47 Å². The normalized spacial score (nSPS) is 14.4. The number of methoxy groups -OCH3 is 1. The average Bonchev–Trinajstić information content (AvgIpc) is 2.42. The Morgan fingerprint density at radius 1 is 1.33 bits per heavy atom. The van der Waals surface area contributed by atoms with Gasteiger partial charge in [-0.1, -0.05) is 0 Å². The van der Waals surface area contributed by atoms with Crippen LogP contribution in [0.2, 0.25) is 0 Å². The van der Waals surface area contributed by atoms with Gasteiger partial charge in [0.05, 0.1) is 25.9 Å². The number of hydrogen-bond donors (Lipinski definition) is 2. The molecule has 0 spiro atoms. The Balaban J connectivity index is 2.16. The Morgan fingerprint density at radius 2 is 2.06 bits per heavy atom. The van der Waals surface area contributed by atoms with Crippen LogP contribution in [0.25, 0.3) is 0 Å². The molecule has 0 aliphatic heterocycles. The molecule has 5 nitrogen and oxygen atoms in total. The molecule has 0 aliphatic carbocycles. The lowest BCUT2D eigenvalue weighted by atomic mass is 10.1. The van der Waals surface area contributed by atoms with E-state index in [1.807, 2.05) is 19.1 Å². The first kappa shape index (κ1) is 15.0. The Kier molecular flexibility index (Phi) is 7.52. The van der Waals surface area contributed by atoms with Crippen LogP contribution < -0.4 is 5.32 Å². The predicted octanol–water partition coefficient (Wildman–Crippen LogP) is 0.756. The molecular weight excluding hydrogens is 232 g/mol. The standard InChI is InChI=1S/C13H22N2O3/c1-11(12-3-5-14-6-4-12)15-9-13(16)10-18-8-7-17-2/h3-6,11,13,15-16H,7-10H2,1-2H3/t11-,13?/m0/s1. The number of pyridine rings is 1. The number of nitrogens with one attached hydrogen (secondary N) is 1. The van der Waals surface area contributed by atoms with Crippen molar-refractivity contribution in [3.8, 4) is 0 Å². The molecule has 0 saturated heterocycles. The van der Waals surface area contributed by atoms with Gasteiger partial charge in [-0.05, 0) is 24.6 Å². The van der Waals surface area contributed by atoms with Crippen molar-refractivity contribution < 1.29 is 14.6 Å². The minimum atomic E-state index is -0.508. The number of hydrogen-bond acceptors (Lipinski definition) is 5. The van der Waals surface area contributed by atoms with Gasteiger partial charge in [-0.15, -0.1) is 0 Å². The second-order valence-corrected chi connectivity index (χ2v) is 4.13. The Bertz CT molecular complexity index is 308. The largest absolute Gasteiger partial charge is 0.389 e. The maximum atomic E-state index is 9.70. The molecule has 0 bridgehead atoms. The van der Waals surface area contributed by atoms with E-state index in [1.165, 1.54) is 0 Å².